The first-order valence-corrected chi connectivity index (χ1v) is 5.22. The maximum atomic E-state index is 11.5. The minimum absolute atomic E-state index is 0.00634. The van der Waals surface area contributed by atoms with Crippen LogP contribution in [0.2, 0.25) is 0 Å². The van der Waals surface area contributed by atoms with Gasteiger partial charge in [-0.15, -0.1) is 0 Å². The maximum Gasteiger partial charge on any atom is 0.249 e. The highest BCUT2D eigenvalue weighted by atomic mass is 16.5. The zero-order valence-corrected chi connectivity index (χ0v) is 9.12. The molecule has 3 N–H and O–H groups in total. The topological polar surface area (TPSA) is 64.4 Å². The summed E-state index contributed by atoms with van der Waals surface area (Å²) >= 11 is 0. The summed E-state index contributed by atoms with van der Waals surface area (Å²) in [5.74, 6) is -0.0110. The number of rotatable bonds is 3. The fourth-order valence-electron chi connectivity index (χ4n) is 1.62. The average molecular weight is 200 g/mol. The standard InChI is InChI=1S/C10H20N2O2/c1-6(2)12-10(13)9-5-4-8(14-9)7(3)11/h6-9H,4-5,11H2,1-3H3,(H,12,13)/t7-,8-,9+/m1/s1. The van der Waals surface area contributed by atoms with Gasteiger partial charge in [0.1, 0.15) is 6.10 Å². The molecular formula is C10H20N2O2. The number of amides is 1. The van der Waals surface area contributed by atoms with Crippen LogP contribution in [0.3, 0.4) is 0 Å². The third-order valence-corrected chi connectivity index (χ3v) is 2.36. The summed E-state index contributed by atoms with van der Waals surface area (Å²) in [6, 6.07) is 0.173. The van der Waals surface area contributed by atoms with Gasteiger partial charge in [0.05, 0.1) is 6.10 Å². The van der Waals surface area contributed by atoms with Crippen molar-refractivity contribution in [3.63, 3.8) is 0 Å². The predicted octanol–water partition coefficient (Wildman–Crippen LogP) is 0.406. The lowest BCUT2D eigenvalue weighted by Crippen LogP contribution is -2.40. The van der Waals surface area contributed by atoms with Crippen LogP contribution in [0.25, 0.3) is 0 Å². The van der Waals surface area contributed by atoms with Gasteiger partial charge in [0.15, 0.2) is 0 Å². The molecule has 0 radical (unpaired) electrons. The summed E-state index contributed by atoms with van der Waals surface area (Å²) < 4.78 is 5.55. The van der Waals surface area contributed by atoms with Gasteiger partial charge in [-0.2, -0.15) is 0 Å². The molecule has 1 fully saturated rings. The van der Waals surface area contributed by atoms with Crippen molar-refractivity contribution < 1.29 is 9.53 Å². The Morgan fingerprint density at radius 2 is 2.07 bits per heavy atom. The third-order valence-electron chi connectivity index (χ3n) is 2.36. The lowest BCUT2D eigenvalue weighted by molar-refractivity contribution is -0.132. The van der Waals surface area contributed by atoms with Gasteiger partial charge in [0.25, 0.3) is 0 Å². The molecule has 0 aromatic carbocycles. The lowest BCUT2D eigenvalue weighted by atomic mass is 10.1. The van der Waals surface area contributed by atoms with Gasteiger partial charge < -0.3 is 15.8 Å². The van der Waals surface area contributed by atoms with Crippen LogP contribution in [0, 0.1) is 0 Å². The van der Waals surface area contributed by atoms with E-state index in [0.717, 1.165) is 12.8 Å². The summed E-state index contributed by atoms with van der Waals surface area (Å²) in [4.78, 5) is 11.5. The van der Waals surface area contributed by atoms with E-state index >= 15 is 0 Å². The molecule has 0 saturated carbocycles. The monoisotopic (exact) mass is 200 g/mol. The van der Waals surface area contributed by atoms with E-state index in [4.69, 9.17) is 10.5 Å². The largest absolute Gasteiger partial charge is 0.364 e. The molecule has 1 rings (SSSR count). The molecule has 1 aliphatic rings. The molecule has 0 aromatic rings. The first-order valence-electron chi connectivity index (χ1n) is 5.22. The lowest BCUT2D eigenvalue weighted by Gasteiger charge is -2.17. The Morgan fingerprint density at radius 3 is 2.50 bits per heavy atom. The summed E-state index contributed by atoms with van der Waals surface area (Å²) in [6.45, 7) is 5.79. The molecule has 1 heterocycles. The van der Waals surface area contributed by atoms with Crippen molar-refractivity contribution >= 4 is 5.91 Å². The number of carbonyl (C=O) groups excluding carboxylic acids is 1. The molecule has 1 amide bonds. The van der Waals surface area contributed by atoms with Crippen molar-refractivity contribution in [2.75, 3.05) is 0 Å². The van der Waals surface area contributed by atoms with Crippen molar-refractivity contribution in [3.8, 4) is 0 Å². The first kappa shape index (κ1) is 11.5. The van der Waals surface area contributed by atoms with Gasteiger partial charge in [-0.1, -0.05) is 0 Å². The van der Waals surface area contributed by atoms with Crippen LogP contribution in [-0.2, 0) is 9.53 Å². The number of hydrogen-bond donors (Lipinski definition) is 2. The number of nitrogens with two attached hydrogens (primary N) is 1. The normalized spacial score (nSPS) is 29.2. The first-order chi connectivity index (χ1) is 6.50. The molecule has 3 atom stereocenters. The fraction of sp³-hybridized carbons (Fsp3) is 0.900. The van der Waals surface area contributed by atoms with Gasteiger partial charge in [0, 0.05) is 12.1 Å². The van der Waals surface area contributed by atoms with Crippen LogP contribution in [0.15, 0.2) is 0 Å². The number of nitrogens with one attached hydrogen (secondary N) is 1. The fourth-order valence-corrected chi connectivity index (χ4v) is 1.62. The zero-order valence-electron chi connectivity index (χ0n) is 9.12. The van der Waals surface area contributed by atoms with Crippen LogP contribution in [-0.4, -0.2) is 30.2 Å². The van der Waals surface area contributed by atoms with Crippen LogP contribution >= 0.6 is 0 Å². The number of hydrogen-bond acceptors (Lipinski definition) is 3. The molecule has 1 aliphatic heterocycles. The summed E-state index contributed by atoms with van der Waals surface area (Å²) in [7, 11) is 0. The molecule has 14 heavy (non-hydrogen) atoms. The molecule has 1 saturated heterocycles. The van der Waals surface area contributed by atoms with E-state index in [1.807, 2.05) is 20.8 Å². The minimum atomic E-state index is -0.298. The molecule has 0 bridgehead atoms. The Morgan fingerprint density at radius 1 is 1.43 bits per heavy atom. The van der Waals surface area contributed by atoms with Gasteiger partial charge in [-0.05, 0) is 33.6 Å². The molecule has 0 aliphatic carbocycles. The molecule has 82 valence electrons. The quantitative estimate of drug-likeness (QED) is 0.693. The van der Waals surface area contributed by atoms with E-state index < -0.39 is 0 Å². The van der Waals surface area contributed by atoms with E-state index in [-0.39, 0.29) is 30.2 Å². The van der Waals surface area contributed by atoms with E-state index in [0.29, 0.717) is 0 Å². The second-order valence-electron chi connectivity index (χ2n) is 4.26. The highest BCUT2D eigenvalue weighted by molar-refractivity contribution is 5.81. The molecule has 0 spiro atoms. The van der Waals surface area contributed by atoms with E-state index in [2.05, 4.69) is 5.32 Å². The predicted molar refractivity (Wildman–Crippen MR) is 54.8 cm³/mol. The highest BCUT2D eigenvalue weighted by Crippen LogP contribution is 2.21. The van der Waals surface area contributed by atoms with Gasteiger partial charge in [-0.3, -0.25) is 4.79 Å². The van der Waals surface area contributed by atoms with Crippen LogP contribution < -0.4 is 11.1 Å². The second kappa shape index (κ2) is 4.75. The average Bonchev–Trinajstić information content (AvgIpc) is 2.50. The van der Waals surface area contributed by atoms with Crippen LogP contribution in [0.1, 0.15) is 33.6 Å². The number of ether oxygens (including phenoxy) is 1. The maximum absolute atomic E-state index is 11.5. The Hall–Kier alpha value is -0.610. The Kier molecular flexibility index (Phi) is 3.89. The minimum Gasteiger partial charge on any atom is -0.364 e. The summed E-state index contributed by atoms with van der Waals surface area (Å²) in [5, 5.41) is 2.84. The molecule has 4 nitrogen and oxygen atoms in total. The van der Waals surface area contributed by atoms with E-state index in [9.17, 15) is 4.79 Å². The molecule has 4 heteroatoms. The SMILES string of the molecule is CC(C)NC(=O)[C@@H]1CC[C@H]([C@@H](C)N)O1. The van der Waals surface area contributed by atoms with E-state index in [1.165, 1.54) is 0 Å². The Labute approximate surface area is 85.2 Å². The van der Waals surface area contributed by atoms with Gasteiger partial charge in [-0.25, -0.2) is 0 Å². The smallest absolute Gasteiger partial charge is 0.249 e. The summed E-state index contributed by atoms with van der Waals surface area (Å²) in [5.41, 5.74) is 5.70. The van der Waals surface area contributed by atoms with Crippen molar-refractivity contribution in [2.24, 2.45) is 5.73 Å². The molecule has 0 unspecified atom stereocenters. The van der Waals surface area contributed by atoms with Gasteiger partial charge >= 0.3 is 0 Å². The Bertz CT molecular complexity index is 204. The van der Waals surface area contributed by atoms with E-state index in [1.54, 1.807) is 0 Å². The van der Waals surface area contributed by atoms with Gasteiger partial charge in [0.2, 0.25) is 5.91 Å². The third kappa shape index (κ3) is 2.96. The van der Waals surface area contributed by atoms with Crippen molar-refractivity contribution in [1.29, 1.82) is 0 Å². The van der Waals surface area contributed by atoms with Crippen LogP contribution in [0.4, 0.5) is 0 Å². The van der Waals surface area contributed by atoms with Crippen molar-refractivity contribution in [2.45, 2.75) is 57.9 Å². The second-order valence-corrected chi connectivity index (χ2v) is 4.26. The van der Waals surface area contributed by atoms with Crippen LogP contribution in [0.5, 0.6) is 0 Å². The molecule has 0 aromatic heterocycles. The molecular weight excluding hydrogens is 180 g/mol. The zero-order chi connectivity index (χ0) is 10.7. The summed E-state index contributed by atoms with van der Waals surface area (Å²) in [6.07, 6.45) is 1.41. The van der Waals surface area contributed by atoms with Crippen molar-refractivity contribution in [3.05, 3.63) is 0 Å². The highest BCUT2D eigenvalue weighted by Gasteiger charge is 2.32. The number of carbonyl (C=O) groups is 1. The van der Waals surface area contributed by atoms with Crippen molar-refractivity contribution in [1.82, 2.24) is 5.32 Å². The Balaban J connectivity index is 2.38.